The highest BCUT2D eigenvalue weighted by atomic mass is 35.5. The molecule has 1 aromatic carbocycles. The van der Waals surface area contributed by atoms with Crippen molar-refractivity contribution in [3.05, 3.63) is 45.7 Å². The quantitative estimate of drug-likeness (QED) is 0.800. The number of benzene rings is 1. The fraction of sp³-hybridized carbons (Fsp3) is 0.250. The van der Waals surface area contributed by atoms with Gasteiger partial charge in [0.25, 0.3) is 0 Å². The summed E-state index contributed by atoms with van der Waals surface area (Å²) in [6, 6.07) is 4.39. The summed E-state index contributed by atoms with van der Waals surface area (Å²) in [7, 11) is 0. The summed E-state index contributed by atoms with van der Waals surface area (Å²) in [6.07, 6.45) is 1.84. The third kappa shape index (κ3) is 2.42. The molecular weight excluding hydrogens is 259 g/mol. The number of nitrogens with zero attached hydrogens (tertiary/aromatic N) is 1. The minimum atomic E-state index is -0.370. The molecule has 0 spiro atoms. The van der Waals surface area contributed by atoms with Crippen molar-refractivity contribution in [1.82, 2.24) is 9.55 Å². The molecule has 17 heavy (non-hydrogen) atoms. The van der Waals surface area contributed by atoms with Crippen molar-refractivity contribution in [2.24, 2.45) is 0 Å². The second-order valence-corrected chi connectivity index (χ2v) is 4.96. The van der Waals surface area contributed by atoms with Crippen LogP contribution in [0.4, 0.5) is 4.39 Å². The molecule has 1 aromatic heterocycles. The summed E-state index contributed by atoms with van der Waals surface area (Å²) >= 11 is 11.1. The van der Waals surface area contributed by atoms with E-state index in [1.807, 2.05) is 6.20 Å². The van der Waals surface area contributed by atoms with Gasteiger partial charge in [-0.25, -0.2) is 4.39 Å². The van der Waals surface area contributed by atoms with E-state index in [2.05, 4.69) is 18.8 Å². The van der Waals surface area contributed by atoms with Gasteiger partial charge in [-0.1, -0.05) is 25.4 Å². The van der Waals surface area contributed by atoms with Gasteiger partial charge < -0.3 is 4.98 Å². The van der Waals surface area contributed by atoms with Crippen LogP contribution in [0.15, 0.2) is 24.4 Å². The number of hydrogen-bond donors (Lipinski definition) is 1. The number of aromatic nitrogens is 2. The fourth-order valence-electron chi connectivity index (χ4n) is 1.74. The predicted octanol–water partition coefficient (Wildman–Crippen LogP) is 4.45. The molecule has 1 heterocycles. The molecule has 2 nitrogen and oxygen atoms in total. The molecule has 1 N–H and O–H groups in total. The van der Waals surface area contributed by atoms with Gasteiger partial charge in [0.1, 0.15) is 5.82 Å². The number of nitrogens with one attached hydrogen (secondary N) is 1. The van der Waals surface area contributed by atoms with Gasteiger partial charge in [0.05, 0.1) is 5.69 Å². The molecule has 0 bridgehead atoms. The van der Waals surface area contributed by atoms with Crippen molar-refractivity contribution in [3.63, 3.8) is 0 Å². The highest BCUT2D eigenvalue weighted by Crippen LogP contribution is 2.23. The molecule has 0 atom stereocenters. The van der Waals surface area contributed by atoms with Crippen LogP contribution in [-0.2, 0) is 0 Å². The first-order chi connectivity index (χ1) is 7.99. The zero-order valence-electron chi connectivity index (χ0n) is 9.50. The van der Waals surface area contributed by atoms with Crippen molar-refractivity contribution in [1.29, 1.82) is 0 Å². The number of H-pyrrole nitrogens is 1. The van der Waals surface area contributed by atoms with Crippen LogP contribution in [0.5, 0.6) is 0 Å². The maximum atomic E-state index is 13.3. The summed E-state index contributed by atoms with van der Waals surface area (Å²) in [5.74, 6) is -0.0877. The summed E-state index contributed by atoms with van der Waals surface area (Å²) in [6.45, 7) is 4.10. The van der Waals surface area contributed by atoms with Crippen molar-refractivity contribution < 1.29 is 4.39 Å². The molecule has 0 aliphatic carbocycles. The largest absolute Gasteiger partial charge is 0.337 e. The van der Waals surface area contributed by atoms with Crippen LogP contribution in [0.3, 0.4) is 0 Å². The molecule has 2 rings (SSSR count). The first kappa shape index (κ1) is 12.3. The second-order valence-electron chi connectivity index (χ2n) is 4.14. The molecule has 0 saturated heterocycles. The molecule has 0 radical (unpaired) electrons. The van der Waals surface area contributed by atoms with Gasteiger partial charge >= 0.3 is 0 Å². The van der Waals surface area contributed by atoms with Crippen molar-refractivity contribution >= 4 is 23.8 Å². The molecule has 0 aliphatic heterocycles. The van der Waals surface area contributed by atoms with E-state index >= 15 is 0 Å². The number of aromatic amines is 1. The van der Waals surface area contributed by atoms with Crippen molar-refractivity contribution in [2.75, 3.05) is 0 Å². The van der Waals surface area contributed by atoms with Crippen LogP contribution in [0.2, 0.25) is 5.02 Å². The van der Waals surface area contributed by atoms with E-state index in [1.165, 1.54) is 12.1 Å². The molecular formula is C12H12ClFN2S. The average Bonchev–Trinajstić information content (AvgIpc) is 2.58. The number of imidazole rings is 1. The SMILES string of the molecule is CC(C)c1c[nH]c(=S)n1-c1cc(F)cc(Cl)c1. The Bertz CT molecular complexity index is 581. The van der Waals surface area contributed by atoms with Gasteiger partial charge in [0.2, 0.25) is 0 Å². The monoisotopic (exact) mass is 270 g/mol. The van der Waals surface area contributed by atoms with Crippen molar-refractivity contribution in [3.8, 4) is 5.69 Å². The molecule has 0 saturated carbocycles. The Morgan fingerprint density at radius 2 is 2.06 bits per heavy atom. The maximum absolute atomic E-state index is 13.3. The first-order valence-electron chi connectivity index (χ1n) is 5.26. The summed E-state index contributed by atoms with van der Waals surface area (Å²) in [5, 5.41) is 0.359. The first-order valence-corrected chi connectivity index (χ1v) is 6.04. The van der Waals surface area contributed by atoms with Gasteiger partial charge in [0.15, 0.2) is 4.77 Å². The molecule has 0 fully saturated rings. The molecule has 0 amide bonds. The van der Waals surface area contributed by atoms with Crippen LogP contribution >= 0.6 is 23.8 Å². The predicted molar refractivity (Wildman–Crippen MR) is 70.0 cm³/mol. The van der Waals surface area contributed by atoms with Crippen molar-refractivity contribution in [2.45, 2.75) is 19.8 Å². The third-order valence-electron chi connectivity index (χ3n) is 2.50. The standard InChI is InChI=1S/C12H12ClFN2S/c1-7(2)11-6-15-12(17)16(11)10-4-8(13)3-9(14)5-10/h3-7H,1-2H3,(H,15,17). The number of rotatable bonds is 2. The minimum Gasteiger partial charge on any atom is -0.337 e. The van der Waals surface area contributed by atoms with Gasteiger partial charge in [-0.2, -0.15) is 0 Å². The Hall–Kier alpha value is -1.13. The lowest BCUT2D eigenvalue weighted by Gasteiger charge is -2.11. The Morgan fingerprint density at radius 3 is 2.65 bits per heavy atom. The Kier molecular flexibility index (Phi) is 3.35. The van der Waals surface area contributed by atoms with E-state index in [1.54, 1.807) is 10.6 Å². The Labute approximate surface area is 109 Å². The number of halogens is 2. The zero-order valence-corrected chi connectivity index (χ0v) is 11.1. The number of hydrogen-bond acceptors (Lipinski definition) is 1. The van der Waals surface area contributed by atoms with Crippen LogP contribution < -0.4 is 0 Å². The highest BCUT2D eigenvalue weighted by Gasteiger charge is 2.11. The third-order valence-corrected chi connectivity index (χ3v) is 3.02. The summed E-state index contributed by atoms with van der Waals surface area (Å²) < 4.78 is 15.7. The van der Waals surface area contributed by atoms with E-state index in [-0.39, 0.29) is 11.7 Å². The van der Waals surface area contributed by atoms with E-state index in [4.69, 9.17) is 23.8 Å². The Morgan fingerprint density at radius 1 is 1.35 bits per heavy atom. The highest BCUT2D eigenvalue weighted by molar-refractivity contribution is 7.71. The van der Waals surface area contributed by atoms with Crippen LogP contribution in [0.1, 0.15) is 25.5 Å². The lowest BCUT2D eigenvalue weighted by Crippen LogP contribution is -2.02. The molecule has 0 unspecified atom stereocenters. The second kappa shape index (κ2) is 4.63. The van der Waals surface area contributed by atoms with Gasteiger partial charge in [0, 0.05) is 16.9 Å². The minimum absolute atomic E-state index is 0.282. The fourth-order valence-corrected chi connectivity index (χ4v) is 2.23. The van der Waals surface area contributed by atoms with Gasteiger partial charge in [-0.3, -0.25) is 4.57 Å². The molecule has 5 heteroatoms. The van der Waals surface area contributed by atoms with E-state index < -0.39 is 0 Å². The maximum Gasteiger partial charge on any atom is 0.182 e. The van der Waals surface area contributed by atoms with Gasteiger partial charge in [-0.05, 0) is 36.3 Å². The van der Waals surface area contributed by atoms with Gasteiger partial charge in [-0.15, -0.1) is 0 Å². The summed E-state index contributed by atoms with van der Waals surface area (Å²) in [4.78, 5) is 2.97. The normalized spacial score (nSPS) is 11.1. The average molecular weight is 271 g/mol. The van der Waals surface area contributed by atoms with Crippen LogP contribution in [-0.4, -0.2) is 9.55 Å². The van der Waals surface area contributed by atoms with E-state index in [9.17, 15) is 4.39 Å². The van der Waals surface area contributed by atoms with E-state index in [0.29, 0.717) is 15.5 Å². The molecule has 0 aliphatic rings. The van der Waals surface area contributed by atoms with Crippen LogP contribution in [0.25, 0.3) is 5.69 Å². The lowest BCUT2D eigenvalue weighted by molar-refractivity contribution is 0.626. The molecule has 2 aromatic rings. The lowest BCUT2D eigenvalue weighted by atomic mass is 10.1. The topological polar surface area (TPSA) is 20.7 Å². The summed E-state index contributed by atoms with van der Waals surface area (Å²) in [5.41, 5.74) is 1.64. The smallest absolute Gasteiger partial charge is 0.182 e. The zero-order chi connectivity index (χ0) is 12.6. The van der Waals surface area contributed by atoms with Crippen LogP contribution in [0, 0.1) is 10.6 Å². The molecule has 90 valence electrons. The Balaban J connectivity index is 2.67. The van der Waals surface area contributed by atoms with E-state index in [0.717, 1.165) is 5.69 Å².